The van der Waals surface area contributed by atoms with Crippen molar-refractivity contribution in [2.75, 3.05) is 25.2 Å². The van der Waals surface area contributed by atoms with Gasteiger partial charge >= 0.3 is 0 Å². The first-order valence-electron chi connectivity index (χ1n) is 7.03. The number of benzene rings is 1. The SMILES string of the molecule is CCOc1ccc(-c2nc(C(=O)NCCS(C)(=O)=O)cs2)cc1. The summed E-state index contributed by atoms with van der Waals surface area (Å²) in [6, 6.07) is 7.47. The van der Waals surface area contributed by atoms with E-state index in [0.717, 1.165) is 22.6 Å². The van der Waals surface area contributed by atoms with Crippen molar-refractivity contribution < 1.29 is 17.9 Å². The molecule has 1 aromatic carbocycles. The lowest BCUT2D eigenvalue weighted by molar-refractivity contribution is 0.0952. The smallest absolute Gasteiger partial charge is 0.270 e. The number of hydrogen-bond acceptors (Lipinski definition) is 6. The fourth-order valence-electron chi connectivity index (χ4n) is 1.81. The van der Waals surface area contributed by atoms with E-state index in [1.54, 1.807) is 5.38 Å². The van der Waals surface area contributed by atoms with E-state index in [1.165, 1.54) is 11.3 Å². The van der Waals surface area contributed by atoms with Gasteiger partial charge in [-0.25, -0.2) is 13.4 Å². The van der Waals surface area contributed by atoms with Crippen LogP contribution in [0.15, 0.2) is 29.6 Å². The van der Waals surface area contributed by atoms with Crippen molar-refractivity contribution >= 4 is 27.1 Å². The third-order valence-electron chi connectivity index (χ3n) is 2.91. The Morgan fingerprint density at radius 2 is 2.00 bits per heavy atom. The zero-order valence-corrected chi connectivity index (χ0v) is 14.5. The van der Waals surface area contributed by atoms with Gasteiger partial charge in [0, 0.05) is 23.7 Å². The summed E-state index contributed by atoms with van der Waals surface area (Å²) >= 11 is 1.36. The highest BCUT2D eigenvalue weighted by molar-refractivity contribution is 7.90. The fourth-order valence-corrected chi connectivity index (χ4v) is 3.09. The van der Waals surface area contributed by atoms with Crippen molar-refractivity contribution in [3.8, 4) is 16.3 Å². The Bertz CT molecular complexity index is 767. The van der Waals surface area contributed by atoms with Gasteiger partial charge in [0.15, 0.2) is 0 Å². The Labute approximate surface area is 139 Å². The molecule has 0 saturated carbocycles. The minimum absolute atomic E-state index is 0.0770. The topological polar surface area (TPSA) is 85.4 Å². The van der Waals surface area contributed by atoms with Crippen molar-refractivity contribution in [2.45, 2.75) is 6.92 Å². The van der Waals surface area contributed by atoms with E-state index in [2.05, 4.69) is 10.3 Å². The molecule has 0 unspecified atom stereocenters. The molecule has 0 bridgehead atoms. The van der Waals surface area contributed by atoms with E-state index < -0.39 is 9.84 Å². The molecule has 0 spiro atoms. The van der Waals surface area contributed by atoms with Gasteiger partial charge in [-0.3, -0.25) is 4.79 Å². The van der Waals surface area contributed by atoms with Gasteiger partial charge in [0.1, 0.15) is 26.3 Å². The number of ether oxygens (including phenoxy) is 1. The van der Waals surface area contributed by atoms with Gasteiger partial charge in [-0.2, -0.15) is 0 Å². The third-order valence-corrected chi connectivity index (χ3v) is 4.74. The lowest BCUT2D eigenvalue weighted by Crippen LogP contribution is -2.28. The molecular weight excluding hydrogens is 336 g/mol. The van der Waals surface area contributed by atoms with Crippen LogP contribution in [0.1, 0.15) is 17.4 Å². The predicted octanol–water partition coefficient (Wildman–Crippen LogP) is 1.98. The van der Waals surface area contributed by atoms with Crippen LogP contribution < -0.4 is 10.1 Å². The number of nitrogens with zero attached hydrogens (tertiary/aromatic N) is 1. The number of carbonyl (C=O) groups excluding carboxylic acids is 1. The van der Waals surface area contributed by atoms with Gasteiger partial charge in [0.25, 0.3) is 5.91 Å². The fraction of sp³-hybridized carbons (Fsp3) is 0.333. The Morgan fingerprint density at radius 1 is 1.30 bits per heavy atom. The van der Waals surface area contributed by atoms with Gasteiger partial charge in [0.2, 0.25) is 0 Å². The molecule has 23 heavy (non-hydrogen) atoms. The molecule has 2 rings (SSSR count). The molecule has 8 heteroatoms. The molecule has 1 heterocycles. The predicted molar refractivity (Wildman–Crippen MR) is 90.8 cm³/mol. The molecule has 1 amide bonds. The second-order valence-corrected chi connectivity index (χ2v) is 8.00. The first kappa shape index (κ1) is 17.4. The van der Waals surface area contributed by atoms with Crippen LogP contribution in [0.4, 0.5) is 0 Å². The van der Waals surface area contributed by atoms with Crippen molar-refractivity contribution in [1.29, 1.82) is 0 Å². The summed E-state index contributed by atoms with van der Waals surface area (Å²) in [5, 5.41) is 4.93. The first-order valence-corrected chi connectivity index (χ1v) is 9.98. The van der Waals surface area contributed by atoms with Gasteiger partial charge < -0.3 is 10.1 Å². The molecule has 124 valence electrons. The summed E-state index contributed by atoms with van der Waals surface area (Å²) in [5.74, 6) is 0.322. The number of rotatable bonds is 7. The maximum Gasteiger partial charge on any atom is 0.270 e. The largest absolute Gasteiger partial charge is 0.494 e. The molecule has 1 aromatic heterocycles. The molecule has 0 aliphatic carbocycles. The molecule has 6 nitrogen and oxygen atoms in total. The van der Waals surface area contributed by atoms with Gasteiger partial charge in [-0.05, 0) is 31.2 Å². The van der Waals surface area contributed by atoms with E-state index in [9.17, 15) is 13.2 Å². The van der Waals surface area contributed by atoms with Crippen LogP contribution in [0.3, 0.4) is 0 Å². The third kappa shape index (κ3) is 5.33. The van der Waals surface area contributed by atoms with E-state index >= 15 is 0 Å². The highest BCUT2D eigenvalue weighted by Gasteiger charge is 2.12. The molecule has 0 aliphatic rings. The van der Waals surface area contributed by atoms with E-state index in [4.69, 9.17) is 4.74 Å². The van der Waals surface area contributed by atoms with Crippen molar-refractivity contribution in [3.05, 3.63) is 35.3 Å². The van der Waals surface area contributed by atoms with Crippen LogP contribution in [-0.4, -0.2) is 44.5 Å². The molecule has 2 aromatic rings. The number of thiazole rings is 1. The molecule has 0 fully saturated rings. The van der Waals surface area contributed by atoms with Crippen molar-refractivity contribution in [3.63, 3.8) is 0 Å². The molecule has 0 saturated heterocycles. The van der Waals surface area contributed by atoms with E-state index in [-0.39, 0.29) is 23.9 Å². The zero-order valence-electron chi connectivity index (χ0n) is 12.9. The van der Waals surface area contributed by atoms with Crippen molar-refractivity contribution in [2.24, 2.45) is 0 Å². The lowest BCUT2D eigenvalue weighted by Gasteiger charge is -2.03. The van der Waals surface area contributed by atoms with Crippen LogP contribution in [0.2, 0.25) is 0 Å². The van der Waals surface area contributed by atoms with Crippen LogP contribution in [0.5, 0.6) is 5.75 Å². The average Bonchev–Trinajstić information content (AvgIpc) is 2.97. The minimum Gasteiger partial charge on any atom is -0.494 e. The van der Waals surface area contributed by atoms with E-state index in [1.807, 2.05) is 31.2 Å². The van der Waals surface area contributed by atoms with Crippen LogP contribution in [0, 0.1) is 0 Å². The maximum absolute atomic E-state index is 11.9. The number of amides is 1. The molecule has 0 radical (unpaired) electrons. The Hall–Kier alpha value is -1.93. The number of aromatic nitrogens is 1. The second kappa shape index (κ2) is 7.56. The summed E-state index contributed by atoms with van der Waals surface area (Å²) in [7, 11) is -3.09. The molecule has 1 N–H and O–H groups in total. The highest BCUT2D eigenvalue weighted by Crippen LogP contribution is 2.25. The maximum atomic E-state index is 11.9. The second-order valence-electron chi connectivity index (χ2n) is 4.88. The van der Waals surface area contributed by atoms with Crippen LogP contribution in [0.25, 0.3) is 10.6 Å². The Morgan fingerprint density at radius 3 is 2.61 bits per heavy atom. The van der Waals surface area contributed by atoms with Crippen molar-refractivity contribution in [1.82, 2.24) is 10.3 Å². The highest BCUT2D eigenvalue weighted by atomic mass is 32.2. The average molecular weight is 354 g/mol. The summed E-state index contributed by atoms with van der Waals surface area (Å²) in [5.41, 5.74) is 1.18. The summed E-state index contributed by atoms with van der Waals surface area (Å²) in [4.78, 5) is 16.2. The first-order chi connectivity index (χ1) is 10.9. The normalized spacial score (nSPS) is 11.2. The van der Waals surface area contributed by atoms with Gasteiger partial charge in [-0.1, -0.05) is 0 Å². The zero-order chi connectivity index (χ0) is 16.9. The van der Waals surface area contributed by atoms with Crippen LogP contribution >= 0.6 is 11.3 Å². The minimum atomic E-state index is -3.09. The molecule has 0 atom stereocenters. The number of carbonyl (C=O) groups is 1. The number of sulfone groups is 1. The summed E-state index contributed by atoms with van der Waals surface area (Å²) < 4.78 is 27.5. The summed E-state index contributed by atoms with van der Waals surface area (Å²) in [6.45, 7) is 2.60. The monoisotopic (exact) mass is 354 g/mol. The quantitative estimate of drug-likeness (QED) is 0.822. The Kier molecular flexibility index (Phi) is 5.73. The Balaban J connectivity index is 2.00. The van der Waals surface area contributed by atoms with Gasteiger partial charge in [-0.15, -0.1) is 11.3 Å². The number of hydrogen-bond donors (Lipinski definition) is 1. The molecule has 0 aliphatic heterocycles. The summed E-state index contributed by atoms with van der Waals surface area (Å²) in [6.07, 6.45) is 1.13. The standard InChI is InChI=1S/C15H18N2O4S2/c1-3-21-12-6-4-11(5-7-12)15-17-13(10-22-15)14(18)16-8-9-23(2,19)20/h4-7,10H,3,8-9H2,1-2H3,(H,16,18). The van der Waals surface area contributed by atoms with E-state index in [0.29, 0.717) is 6.61 Å². The van der Waals surface area contributed by atoms with Crippen LogP contribution in [-0.2, 0) is 9.84 Å². The number of nitrogens with one attached hydrogen (secondary N) is 1. The van der Waals surface area contributed by atoms with Gasteiger partial charge in [0.05, 0.1) is 12.4 Å². The molecular formula is C15H18N2O4S2. The lowest BCUT2D eigenvalue weighted by atomic mass is 10.2.